The van der Waals surface area contributed by atoms with E-state index in [4.69, 9.17) is 16.3 Å². The van der Waals surface area contributed by atoms with Crippen LogP contribution >= 0.6 is 11.6 Å². The second-order valence-electron chi connectivity index (χ2n) is 4.88. The van der Waals surface area contributed by atoms with Crippen molar-refractivity contribution in [1.82, 2.24) is 15.1 Å². The third-order valence-electron chi connectivity index (χ3n) is 2.61. The van der Waals surface area contributed by atoms with Gasteiger partial charge in [0.1, 0.15) is 5.54 Å². The Hall–Kier alpha value is -1.07. The fourth-order valence-corrected chi connectivity index (χ4v) is 2.08. The van der Waals surface area contributed by atoms with E-state index in [-0.39, 0.29) is 12.0 Å². The van der Waals surface area contributed by atoms with Gasteiger partial charge in [-0.3, -0.25) is 10.00 Å². The van der Waals surface area contributed by atoms with E-state index in [1.807, 2.05) is 20.8 Å². The van der Waals surface area contributed by atoms with E-state index in [9.17, 15) is 4.79 Å². The number of aryl methyl sites for hydroxylation is 1. The van der Waals surface area contributed by atoms with Crippen molar-refractivity contribution in [2.75, 3.05) is 7.11 Å². The van der Waals surface area contributed by atoms with E-state index in [0.29, 0.717) is 11.6 Å². The van der Waals surface area contributed by atoms with Gasteiger partial charge >= 0.3 is 5.97 Å². The number of hydrogen-bond acceptors (Lipinski definition) is 4. The molecule has 1 N–H and O–H groups in total. The Morgan fingerprint density at radius 1 is 1.67 bits per heavy atom. The van der Waals surface area contributed by atoms with Crippen LogP contribution in [0, 0.1) is 6.92 Å². The maximum atomic E-state index is 11.9. The highest BCUT2D eigenvalue weighted by molar-refractivity contribution is 6.31. The van der Waals surface area contributed by atoms with Gasteiger partial charge in [-0.2, -0.15) is 5.10 Å². The molecule has 0 spiro atoms. The van der Waals surface area contributed by atoms with Gasteiger partial charge in [-0.25, -0.2) is 4.79 Å². The summed E-state index contributed by atoms with van der Waals surface area (Å²) >= 11 is 5.96. The monoisotopic (exact) mass is 273 g/mol. The highest BCUT2D eigenvalue weighted by atomic mass is 35.5. The first-order valence-electron chi connectivity index (χ1n) is 5.84. The first-order chi connectivity index (χ1) is 8.28. The highest BCUT2D eigenvalue weighted by Crippen LogP contribution is 2.16. The SMILES string of the molecule is COC(=O)C(C)(Cn1cc(Cl)c(C)n1)NC(C)C. The molecule has 1 heterocycles. The molecular formula is C12H20ClN3O2. The molecular weight excluding hydrogens is 254 g/mol. The maximum absolute atomic E-state index is 11.9. The summed E-state index contributed by atoms with van der Waals surface area (Å²) in [4.78, 5) is 11.9. The summed E-state index contributed by atoms with van der Waals surface area (Å²) in [5, 5.41) is 8.05. The lowest BCUT2D eigenvalue weighted by Gasteiger charge is -2.30. The standard InChI is InChI=1S/C12H20ClN3O2/c1-8(2)14-12(4,11(17)18-5)7-16-6-10(13)9(3)15-16/h6,8,14H,7H2,1-5H3. The minimum Gasteiger partial charge on any atom is -0.468 e. The van der Waals surface area contributed by atoms with Gasteiger partial charge in [0.05, 0.1) is 24.4 Å². The van der Waals surface area contributed by atoms with Gasteiger partial charge in [0.2, 0.25) is 0 Å². The molecule has 0 saturated carbocycles. The van der Waals surface area contributed by atoms with Gasteiger partial charge in [-0.05, 0) is 27.7 Å². The van der Waals surface area contributed by atoms with Gasteiger partial charge in [-0.15, -0.1) is 0 Å². The van der Waals surface area contributed by atoms with Crippen LogP contribution in [0.4, 0.5) is 0 Å². The summed E-state index contributed by atoms with van der Waals surface area (Å²) in [7, 11) is 1.38. The summed E-state index contributed by atoms with van der Waals surface area (Å²) in [5.74, 6) is -0.319. The molecule has 0 radical (unpaired) electrons. The van der Waals surface area contributed by atoms with Crippen molar-refractivity contribution in [2.45, 2.75) is 45.8 Å². The van der Waals surface area contributed by atoms with E-state index in [0.717, 1.165) is 5.69 Å². The molecule has 0 aliphatic rings. The van der Waals surface area contributed by atoms with Gasteiger partial charge in [0.15, 0.2) is 0 Å². The number of nitrogens with one attached hydrogen (secondary N) is 1. The minimum absolute atomic E-state index is 0.154. The smallest absolute Gasteiger partial charge is 0.327 e. The van der Waals surface area contributed by atoms with Crippen molar-refractivity contribution < 1.29 is 9.53 Å². The van der Waals surface area contributed by atoms with Crippen molar-refractivity contribution in [3.05, 3.63) is 16.9 Å². The largest absolute Gasteiger partial charge is 0.468 e. The number of halogens is 1. The van der Waals surface area contributed by atoms with Crippen LogP contribution in [0.1, 0.15) is 26.5 Å². The lowest BCUT2D eigenvalue weighted by Crippen LogP contribution is -2.55. The van der Waals surface area contributed by atoms with E-state index in [1.54, 1.807) is 17.8 Å². The van der Waals surface area contributed by atoms with Crippen LogP contribution < -0.4 is 5.32 Å². The Morgan fingerprint density at radius 2 is 2.28 bits per heavy atom. The normalized spacial score (nSPS) is 14.6. The van der Waals surface area contributed by atoms with E-state index in [2.05, 4.69) is 10.4 Å². The lowest BCUT2D eigenvalue weighted by molar-refractivity contribution is -0.149. The number of esters is 1. The number of methoxy groups -OCH3 is 1. The number of ether oxygens (including phenoxy) is 1. The van der Waals surface area contributed by atoms with Crippen LogP contribution in [0.15, 0.2) is 6.20 Å². The Kier molecular flexibility index (Phi) is 4.76. The van der Waals surface area contributed by atoms with Gasteiger partial charge < -0.3 is 4.74 Å². The molecule has 0 aliphatic heterocycles. The van der Waals surface area contributed by atoms with Crippen LogP contribution in [-0.2, 0) is 16.1 Å². The molecule has 18 heavy (non-hydrogen) atoms. The van der Waals surface area contributed by atoms with Crippen LogP contribution in [0.5, 0.6) is 0 Å². The van der Waals surface area contributed by atoms with E-state index >= 15 is 0 Å². The third kappa shape index (κ3) is 3.46. The van der Waals surface area contributed by atoms with E-state index in [1.165, 1.54) is 7.11 Å². The molecule has 0 saturated heterocycles. The Bertz CT molecular complexity index is 411. The van der Waals surface area contributed by atoms with Crippen molar-refractivity contribution in [3.63, 3.8) is 0 Å². The molecule has 0 aliphatic carbocycles. The van der Waals surface area contributed by atoms with Crippen LogP contribution in [0.25, 0.3) is 0 Å². The van der Waals surface area contributed by atoms with Crippen LogP contribution in [-0.4, -0.2) is 34.4 Å². The number of carbonyl (C=O) groups excluding carboxylic acids is 1. The van der Waals surface area contributed by atoms with Crippen molar-refractivity contribution in [3.8, 4) is 0 Å². The Labute approximate surface area is 112 Å². The average Bonchev–Trinajstić information content (AvgIpc) is 2.55. The number of carbonyl (C=O) groups is 1. The summed E-state index contributed by atoms with van der Waals surface area (Å²) in [6, 6.07) is 0.154. The zero-order valence-electron chi connectivity index (χ0n) is 11.5. The molecule has 0 amide bonds. The molecule has 1 aromatic rings. The predicted octanol–water partition coefficient (Wildman–Crippen LogP) is 1.77. The number of nitrogens with zero attached hydrogens (tertiary/aromatic N) is 2. The topological polar surface area (TPSA) is 56.2 Å². The zero-order valence-corrected chi connectivity index (χ0v) is 12.2. The molecule has 1 unspecified atom stereocenters. The number of aromatic nitrogens is 2. The second kappa shape index (κ2) is 5.71. The maximum Gasteiger partial charge on any atom is 0.327 e. The number of rotatable bonds is 5. The predicted molar refractivity (Wildman–Crippen MR) is 70.7 cm³/mol. The molecule has 5 nitrogen and oxygen atoms in total. The fraction of sp³-hybridized carbons (Fsp3) is 0.667. The summed E-state index contributed by atoms with van der Waals surface area (Å²) in [6.07, 6.45) is 1.71. The third-order valence-corrected chi connectivity index (χ3v) is 2.98. The van der Waals surface area contributed by atoms with Gasteiger partial charge in [0.25, 0.3) is 0 Å². The fourth-order valence-electron chi connectivity index (χ4n) is 1.93. The molecule has 102 valence electrons. The first kappa shape index (κ1) is 15.0. The molecule has 1 rings (SSSR count). The Morgan fingerprint density at radius 3 is 2.67 bits per heavy atom. The molecule has 1 aromatic heterocycles. The molecule has 1 atom stereocenters. The van der Waals surface area contributed by atoms with Crippen molar-refractivity contribution >= 4 is 17.6 Å². The molecule has 0 bridgehead atoms. The van der Waals surface area contributed by atoms with Crippen molar-refractivity contribution in [2.24, 2.45) is 0 Å². The van der Waals surface area contributed by atoms with Gasteiger partial charge in [-0.1, -0.05) is 11.6 Å². The second-order valence-corrected chi connectivity index (χ2v) is 5.29. The quantitative estimate of drug-likeness (QED) is 0.831. The molecule has 0 fully saturated rings. The van der Waals surface area contributed by atoms with E-state index < -0.39 is 5.54 Å². The summed E-state index contributed by atoms with van der Waals surface area (Å²) < 4.78 is 6.51. The number of hydrogen-bond donors (Lipinski definition) is 1. The van der Waals surface area contributed by atoms with Crippen LogP contribution in [0.3, 0.4) is 0 Å². The lowest BCUT2D eigenvalue weighted by atomic mass is 10.0. The summed E-state index contributed by atoms with van der Waals surface area (Å²) in [6.45, 7) is 7.93. The van der Waals surface area contributed by atoms with Crippen molar-refractivity contribution in [1.29, 1.82) is 0 Å². The zero-order chi connectivity index (χ0) is 13.9. The van der Waals surface area contributed by atoms with Gasteiger partial charge in [0, 0.05) is 12.2 Å². The Balaban J connectivity index is 2.94. The first-order valence-corrected chi connectivity index (χ1v) is 6.22. The van der Waals surface area contributed by atoms with Crippen LogP contribution in [0.2, 0.25) is 5.02 Å². The average molecular weight is 274 g/mol. The summed E-state index contributed by atoms with van der Waals surface area (Å²) in [5.41, 5.74) is -0.0847. The molecule has 6 heteroatoms. The minimum atomic E-state index is -0.829. The highest BCUT2D eigenvalue weighted by Gasteiger charge is 2.35. The molecule has 0 aromatic carbocycles.